The van der Waals surface area contributed by atoms with Crippen LogP contribution in [0.2, 0.25) is 0 Å². The fourth-order valence-electron chi connectivity index (χ4n) is 3.37. The van der Waals surface area contributed by atoms with Crippen LogP contribution in [-0.4, -0.2) is 39.9 Å². The van der Waals surface area contributed by atoms with Crippen LogP contribution in [0.1, 0.15) is 67.9 Å². The number of likely N-dealkylation sites (tertiary alicyclic amines) is 1. The van der Waals surface area contributed by atoms with E-state index >= 15 is 0 Å². The van der Waals surface area contributed by atoms with Crippen LogP contribution in [0.15, 0.2) is 28.8 Å². The summed E-state index contributed by atoms with van der Waals surface area (Å²) in [5, 5.41) is 6.61. The lowest BCUT2D eigenvalue weighted by atomic mass is 10.0. The minimum Gasteiger partial charge on any atom is -0.347 e. The second kappa shape index (κ2) is 9.49. The molecule has 1 aromatic heterocycles. The molecular weight excluding hydrogens is 413 g/mol. The summed E-state index contributed by atoms with van der Waals surface area (Å²) in [5.74, 6) is 0.514. The van der Waals surface area contributed by atoms with Crippen molar-refractivity contribution < 1.29 is 27.3 Å². The highest BCUT2D eigenvalue weighted by molar-refractivity contribution is 5.79. The monoisotopic (exact) mass is 438 g/mol. The normalized spacial score (nSPS) is 15.5. The fraction of sp³-hybridized carbons (Fsp3) is 0.524. The molecule has 1 aliphatic rings. The number of benzene rings is 1. The fourth-order valence-corrected chi connectivity index (χ4v) is 3.37. The Morgan fingerprint density at radius 3 is 2.71 bits per heavy atom. The van der Waals surface area contributed by atoms with Crippen LogP contribution >= 0.6 is 0 Å². The van der Waals surface area contributed by atoms with Crippen molar-refractivity contribution in [1.82, 2.24) is 20.4 Å². The first kappa shape index (κ1) is 22.8. The van der Waals surface area contributed by atoms with E-state index in [1.54, 1.807) is 4.90 Å². The third kappa shape index (κ3) is 6.05. The zero-order valence-electron chi connectivity index (χ0n) is 17.4. The molecule has 0 bridgehead atoms. The number of hydrogen-bond acceptors (Lipinski definition) is 5. The predicted octanol–water partition coefficient (Wildman–Crippen LogP) is 3.62. The molecule has 3 rings (SSSR count). The van der Waals surface area contributed by atoms with Crippen LogP contribution in [0.25, 0.3) is 0 Å². The van der Waals surface area contributed by atoms with Gasteiger partial charge in [0.15, 0.2) is 5.82 Å². The molecule has 1 aromatic carbocycles. The topological polar surface area (TPSA) is 88.3 Å². The minimum atomic E-state index is -4.50. The molecule has 0 aliphatic carbocycles. The number of carbonyl (C=O) groups is 2. The van der Waals surface area contributed by atoms with Gasteiger partial charge < -0.3 is 14.7 Å². The maximum absolute atomic E-state index is 13.2. The number of aromatic nitrogens is 2. The lowest BCUT2D eigenvalue weighted by Crippen LogP contribution is -2.38. The number of aryl methyl sites for hydroxylation is 1. The van der Waals surface area contributed by atoms with Crippen LogP contribution in [0.3, 0.4) is 0 Å². The van der Waals surface area contributed by atoms with Crippen molar-refractivity contribution in [3.63, 3.8) is 0 Å². The van der Waals surface area contributed by atoms with E-state index in [9.17, 15) is 22.8 Å². The standard InChI is InChI=1S/C21H25F3N4O3/c1-13(2)20-26-18(31-27-20)9-8-17(29)25-16(12-28-10-4-7-19(28)30)14-5-3-6-15(11-14)21(22,23)24/h3,5-6,11,13,16H,4,7-10,12H2,1-2H3,(H,25,29). The Hall–Kier alpha value is -2.91. The number of amides is 2. The smallest absolute Gasteiger partial charge is 0.347 e. The van der Waals surface area contributed by atoms with Gasteiger partial charge in [-0.2, -0.15) is 18.2 Å². The van der Waals surface area contributed by atoms with E-state index < -0.39 is 17.8 Å². The Bertz CT molecular complexity index is 927. The summed E-state index contributed by atoms with van der Waals surface area (Å²) >= 11 is 0. The van der Waals surface area contributed by atoms with Gasteiger partial charge in [0.25, 0.3) is 0 Å². The zero-order valence-corrected chi connectivity index (χ0v) is 17.4. The van der Waals surface area contributed by atoms with Crippen LogP contribution in [-0.2, 0) is 22.2 Å². The first-order valence-electron chi connectivity index (χ1n) is 10.2. The molecular formula is C21H25F3N4O3. The lowest BCUT2D eigenvalue weighted by Gasteiger charge is -2.25. The summed E-state index contributed by atoms with van der Waals surface area (Å²) in [6.07, 6.45) is -3.16. The Labute approximate surface area is 178 Å². The zero-order chi connectivity index (χ0) is 22.6. The van der Waals surface area contributed by atoms with Crippen molar-refractivity contribution in [2.24, 2.45) is 0 Å². The van der Waals surface area contributed by atoms with Crippen molar-refractivity contribution in [2.45, 2.75) is 57.7 Å². The van der Waals surface area contributed by atoms with Gasteiger partial charge in [-0.05, 0) is 24.1 Å². The van der Waals surface area contributed by atoms with Gasteiger partial charge in [-0.25, -0.2) is 0 Å². The average molecular weight is 438 g/mol. The third-order valence-electron chi connectivity index (χ3n) is 5.09. The average Bonchev–Trinajstić information content (AvgIpc) is 3.35. The molecule has 1 fully saturated rings. The molecule has 7 nitrogen and oxygen atoms in total. The molecule has 2 amide bonds. The summed E-state index contributed by atoms with van der Waals surface area (Å²) < 4.78 is 44.6. The molecule has 1 saturated heterocycles. The Kier molecular flexibility index (Phi) is 6.97. The summed E-state index contributed by atoms with van der Waals surface area (Å²) in [4.78, 5) is 30.4. The van der Waals surface area contributed by atoms with Crippen molar-refractivity contribution in [1.29, 1.82) is 0 Å². The first-order valence-corrected chi connectivity index (χ1v) is 10.2. The first-order chi connectivity index (χ1) is 14.6. The number of halogens is 3. The number of nitrogens with one attached hydrogen (secondary N) is 1. The van der Waals surface area contributed by atoms with Gasteiger partial charge in [0.05, 0.1) is 11.6 Å². The van der Waals surface area contributed by atoms with Gasteiger partial charge in [0.1, 0.15) is 0 Å². The quantitative estimate of drug-likeness (QED) is 0.680. The molecule has 0 radical (unpaired) electrons. The Morgan fingerprint density at radius 2 is 2.10 bits per heavy atom. The SMILES string of the molecule is CC(C)c1noc(CCC(=O)NC(CN2CCCC2=O)c2cccc(C(F)(F)F)c2)n1. The molecule has 10 heteroatoms. The van der Waals surface area contributed by atoms with Crippen molar-refractivity contribution in [3.8, 4) is 0 Å². The maximum Gasteiger partial charge on any atom is 0.416 e. The van der Waals surface area contributed by atoms with Crippen molar-refractivity contribution in [3.05, 3.63) is 47.1 Å². The number of rotatable bonds is 8. The van der Waals surface area contributed by atoms with Crippen molar-refractivity contribution >= 4 is 11.8 Å². The van der Waals surface area contributed by atoms with E-state index in [1.807, 2.05) is 13.8 Å². The van der Waals surface area contributed by atoms with Gasteiger partial charge in [-0.1, -0.05) is 31.1 Å². The lowest BCUT2D eigenvalue weighted by molar-refractivity contribution is -0.137. The highest BCUT2D eigenvalue weighted by atomic mass is 19.4. The second-order valence-corrected chi connectivity index (χ2v) is 7.89. The van der Waals surface area contributed by atoms with Crippen LogP contribution in [0.5, 0.6) is 0 Å². The van der Waals surface area contributed by atoms with Gasteiger partial charge in [-0.15, -0.1) is 0 Å². The number of hydrogen-bond donors (Lipinski definition) is 1. The van der Waals surface area contributed by atoms with E-state index in [0.29, 0.717) is 36.7 Å². The van der Waals surface area contributed by atoms with Crippen LogP contribution in [0.4, 0.5) is 13.2 Å². The molecule has 1 unspecified atom stereocenters. The van der Waals surface area contributed by atoms with E-state index in [-0.39, 0.29) is 37.1 Å². The summed E-state index contributed by atoms with van der Waals surface area (Å²) in [7, 11) is 0. The molecule has 31 heavy (non-hydrogen) atoms. The third-order valence-corrected chi connectivity index (χ3v) is 5.09. The van der Waals surface area contributed by atoms with Crippen molar-refractivity contribution in [2.75, 3.05) is 13.1 Å². The number of alkyl halides is 3. The summed E-state index contributed by atoms with van der Waals surface area (Å²) in [5.41, 5.74) is -0.508. The molecule has 168 valence electrons. The summed E-state index contributed by atoms with van der Waals surface area (Å²) in [6, 6.07) is 4.05. The Balaban J connectivity index is 1.71. The molecule has 0 spiro atoms. The van der Waals surface area contributed by atoms with Gasteiger partial charge in [-0.3, -0.25) is 9.59 Å². The molecule has 1 N–H and O–H groups in total. The molecule has 1 aliphatic heterocycles. The molecule has 2 aromatic rings. The highest BCUT2D eigenvalue weighted by Crippen LogP contribution is 2.31. The minimum absolute atomic E-state index is 0.0309. The van der Waals surface area contributed by atoms with E-state index in [2.05, 4.69) is 15.5 Å². The van der Waals surface area contributed by atoms with Gasteiger partial charge in [0, 0.05) is 38.3 Å². The highest BCUT2D eigenvalue weighted by Gasteiger charge is 2.32. The maximum atomic E-state index is 13.2. The van der Waals surface area contributed by atoms with E-state index in [0.717, 1.165) is 12.1 Å². The summed E-state index contributed by atoms with van der Waals surface area (Å²) in [6.45, 7) is 4.47. The molecule has 2 heterocycles. The molecule has 1 atom stereocenters. The van der Waals surface area contributed by atoms with Gasteiger partial charge in [0.2, 0.25) is 17.7 Å². The van der Waals surface area contributed by atoms with Gasteiger partial charge >= 0.3 is 6.18 Å². The van der Waals surface area contributed by atoms with E-state index in [1.165, 1.54) is 12.1 Å². The number of nitrogens with zero attached hydrogens (tertiary/aromatic N) is 3. The second-order valence-electron chi connectivity index (χ2n) is 7.89. The predicted molar refractivity (Wildman–Crippen MR) is 105 cm³/mol. The molecule has 0 saturated carbocycles. The number of carbonyl (C=O) groups excluding carboxylic acids is 2. The largest absolute Gasteiger partial charge is 0.416 e. The van der Waals surface area contributed by atoms with Crippen LogP contribution < -0.4 is 5.32 Å². The Morgan fingerprint density at radius 1 is 1.32 bits per heavy atom. The van der Waals surface area contributed by atoms with E-state index in [4.69, 9.17) is 4.52 Å². The van der Waals surface area contributed by atoms with Crippen LogP contribution in [0, 0.1) is 0 Å².